The van der Waals surface area contributed by atoms with Gasteiger partial charge >= 0.3 is 0 Å². The molecule has 7 nitrogen and oxygen atoms in total. The smallest absolute Gasteiger partial charge is 0.261 e. The molecule has 0 bridgehead atoms. The average molecular weight is 345 g/mol. The molecule has 0 atom stereocenters. The fourth-order valence-corrected chi connectivity index (χ4v) is 3.26. The summed E-state index contributed by atoms with van der Waals surface area (Å²) in [5.74, 6) is -0.403. The van der Waals surface area contributed by atoms with Gasteiger partial charge in [-0.15, -0.1) is 11.3 Å². The first-order chi connectivity index (χ1) is 11.4. The molecule has 0 spiro atoms. The highest BCUT2D eigenvalue weighted by Crippen LogP contribution is 2.16. The van der Waals surface area contributed by atoms with Gasteiger partial charge in [0.1, 0.15) is 5.56 Å². The minimum atomic E-state index is -0.403. The summed E-state index contributed by atoms with van der Waals surface area (Å²) in [5, 5.41) is 2.74. The number of amides is 1. The Labute approximate surface area is 143 Å². The van der Waals surface area contributed by atoms with E-state index in [4.69, 9.17) is 0 Å². The number of fused-ring (bicyclic) bond motifs is 1. The van der Waals surface area contributed by atoms with Crippen LogP contribution >= 0.6 is 11.3 Å². The van der Waals surface area contributed by atoms with Gasteiger partial charge in [-0.3, -0.25) is 14.0 Å². The van der Waals surface area contributed by atoms with Crippen LogP contribution in [0.25, 0.3) is 4.96 Å². The van der Waals surface area contributed by atoms with Crippen molar-refractivity contribution >= 4 is 22.2 Å². The van der Waals surface area contributed by atoms with Gasteiger partial charge < -0.3 is 15.2 Å². The highest BCUT2D eigenvalue weighted by molar-refractivity contribution is 7.16. The van der Waals surface area contributed by atoms with E-state index in [9.17, 15) is 9.59 Å². The summed E-state index contributed by atoms with van der Waals surface area (Å²) in [6.45, 7) is 2.92. The van der Waals surface area contributed by atoms with Crippen molar-refractivity contribution in [1.82, 2.24) is 24.6 Å². The Morgan fingerprint density at radius 3 is 2.83 bits per heavy atom. The van der Waals surface area contributed by atoms with Crippen molar-refractivity contribution in [2.75, 3.05) is 14.1 Å². The zero-order valence-corrected chi connectivity index (χ0v) is 14.6. The molecular weight excluding hydrogens is 326 g/mol. The van der Waals surface area contributed by atoms with Crippen LogP contribution in [0.5, 0.6) is 0 Å². The average Bonchev–Trinajstić information content (AvgIpc) is 3.01. The van der Waals surface area contributed by atoms with Crippen LogP contribution in [0.4, 0.5) is 0 Å². The molecule has 0 aliphatic carbocycles. The van der Waals surface area contributed by atoms with Crippen molar-refractivity contribution in [3.8, 4) is 0 Å². The number of aryl methyl sites for hydroxylation is 1. The van der Waals surface area contributed by atoms with E-state index in [1.165, 1.54) is 4.88 Å². The van der Waals surface area contributed by atoms with Crippen LogP contribution in [0.2, 0.25) is 0 Å². The molecule has 3 aromatic heterocycles. The minimum absolute atomic E-state index is 0.106. The first kappa shape index (κ1) is 16.4. The molecule has 0 aliphatic rings. The lowest BCUT2D eigenvalue weighted by Gasteiger charge is -2.09. The van der Waals surface area contributed by atoms with Crippen LogP contribution in [0.3, 0.4) is 0 Å². The fraction of sp³-hybridized carbons (Fsp3) is 0.312. The SMILES string of the molecule is Cc1cn2cc(CNC(=O)c3ccc(CN(C)C)[nH]c3=O)nc2s1. The van der Waals surface area contributed by atoms with Gasteiger partial charge in [-0.1, -0.05) is 0 Å². The van der Waals surface area contributed by atoms with E-state index in [0.29, 0.717) is 6.54 Å². The quantitative estimate of drug-likeness (QED) is 0.732. The Morgan fingerprint density at radius 1 is 1.38 bits per heavy atom. The van der Waals surface area contributed by atoms with E-state index in [1.807, 2.05) is 42.7 Å². The number of H-pyrrole nitrogens is 1. The molecule has 2 N–H and O–H groups in total. The zero-order chi connectivity index (χ0) is 17.3. The third-order valence-corrected chi connectivity index (χ3v) is 4.36. The summed E-state index contributed by atoms with van der Waals surface area (Å²) in [6.07, 6.45) is 3.87. The molecule has 8 heteroatoms. The van der Waals surface area contributed by atoms with Gasteiger partial charge in [-0.05, 0) is 33.2 Å². The molecule has 24 heavy (non-hydrogen) atoms. The largest absolute Gasteiger partial charge is 0.346 e. The first-order valence-corrected chi connectivity index (χ1v) is 8.33. The van der Waals surface area contributed by atoms with Gasteiger partial charge in [0.15, 0.2) is 4.96 Å². The van der Waals surface area contributed by atoms with Crippen molar-refractivity contribution in [3.05, 3.63) is 56.7 Å². The van der Waals surface area contributed by atoms with Crippen molar-refractivity contribution in [3.63, 3.8) is 0 Å². The number of hydrogen-bond donors (Lipinski definition) is 2. The molecule has 0 fully saturated rings. The van der Waals surface area contributed by atoms with Crippen LogP contribution in [0, 0.1) is 6.92 Å². The van der Waals surface area contributed by atoms with Gasteiger partial charge in [-0.2, -0.15) is 0 Å². The second kappa shape index (κ2) is 6.58. The summed E-state index contributed by atoms with van der Waals surface area (Å²) >= 11 is 1.59. The second-order valence-electron chi connectivity index (χ2n) is 5.91. The third kappa shape index (κ3) is 3.55. The molecule has 126 valence electrons. The van der Waals surface area contributed by atoms with Crippen LogP contribution in [-0.2, 0) is 13.1 Å². The van der Waals surface area contributed by atoms with Crippen molar-refractivity contribution in [2.45, 2.75) is 20.0 Å². The van der Waals surface area contributed by atoms with Crippen molar-refractivity contribution in [2.24, 2.45) is 0 Å². The minimum Gasteiger partial charge on any atom is -0.346 e. The van der Waals surface area contributed by atoms with E-state index in [-0.39, 0.29) is 17.7 Å². The first-order valence-electron chi connectivity index (χ1n) is 7.51. The molecule has 0 unspecified atom stereocenters. The van der Waals surface area contributed by atoms with E-state index in [2.05, 4.69) is 15.3 Å². The second-order valence-corrected chi connectivity index (χ2v) is 7.12. The monoisotopic (exact) mass is 345 g/mol. The number of thiazole rings is 1. The molecule has 3 heterocycles. The maximum absolute atomic E-state index is 12.2. The Bertz CT molecular complexity index is 906. The summed E-state index contributed by atoms with van der Waals surface area (Å²) in [6, 6.07) is 3.31. The molecular formula is C16H19N5O2S. The van der Waals surface area contributed by atoms with E-state index < -0.39 is 5.91 Å². The summed E-state index contributed by atoms with van der Waals surface area (Å²) in [7, 11) is 3.83. The molecule has 0 aromatic carbocycles. The maximum Gasteiger partial charge on any atom is 0.261 e. The lowest BCUT2D eigenvalue weighted by molar-refractivity contribution is 0.0949. The van der Waals surface area contributed by atoms with E-state index in [0.717, 1.165) is 16.3 Å². The highest BCUT2D eigenvalue weighted by Gasteiger charge is 2.12. The molecule has 1 amide bonds. The van der Waals surface area contributed by atoms with Crippen molar-refractivity contribution < 1.29 is 4.79 Å². The van der Waals surface area contributed by atoms with E-state index >= 15 is 0 Å². The van der Waals surface area contributed by atoms with Gasteiger partial charge in [-0.25, -0.2) is 4.98 Å². The Balaban J connectivity index is 1.68. The lowest BCUT2D eigenvalue weighted by atomic mass is 10.2. The predicted molar refractivity (Wildman–Crippen MR) is 93.4 cm³/mol. The normalized spacial score (nSPS) is 11.3. The number of rotatable bonds is 5. The summed E-state index contributed by atoms with van der Waals surface area (Å²) in [4.78, 5) is 35.5. The van der Waals surface area contributed by atoms with Gasteiger partial charge in [0.25, 0.3) is 11.5 Å². The number of aromatic nitrogens is 3. The molecule has 3 rings (SSSR count). The fourth-order valence-electron chi connectivity index (χ4n) is 2.44. The highest BCUT2D eigenvalue weighted by atomic mass is 32.1. The molecule has 0 saturated carbocycles. The third-order valence-electron chi connectivity index (χ3n) is 3.45. The van der Waals surface area contributed by atoms with Gasteiger partial charge in [0.2, 0.25) is 0 Å². The van der Waals surface area contributed by atoms with Crippen LogP contribution in [-0.4, -0.2) is 39.3 Å². The number of carbonyl (C=O) groups excluding carboxylic acids is 1. The number of imidazole rings is 1. The van der Waals surface area contributed by atoms with Crippen LogP contribution in [0.1, 0.15) is 26.6 Å². The van der Waals surface area contributed by atoms with Crippen molar-refractivity contribution in [1.29, 1.82) is 0 Å². The number of hydrogen-bond acceptors (Lipinski definition) is 5. The number of aromatic amines is 1. The van der Waals surface area contributed by atoms with Gasteiger partial charge in [0, 0.05) is 29.5 Å². The number of nitrogens with one attached hydrogen (secondary N) is 2. The maximum atomic E-state index is 12.2. The Morgan fingerprint density at radius 2 is 2.17 bits per heavy atom. The molecule has 0 saturated heterocycles. The summed E-state index contributed by atoms with van der Waals surface area (Å²) in [5.41, 5.74) is 1.25. The van der Waals surface area contributed by atoms with Gasteiger partial charge in [0.05, 0.1) is 12.2 Å². The number of pyridine rings is 1. The van der Waals surface area contributed by atoms with E-state index in [1.54, 1.807) is 23.5 Å². The zero-order valence-electron chi connectivity index (χ0n) is 13.8. The van der Waals surface area contributed by atoms with Crippen LogP contribution < -0.4 is 10.9 Å². The number of nitrogens with zero attached hydrogens (tertiary/aromatic N) is 3. The Kier molecular flexibility index (Phi) is 4.50. The molecule has 3 aromatic rings. The lowest BCUT2D eigenvalue weighted by Crippen LogP contribution is -2.30. The predicted octanol–water partition coefficient (Wildman–Crippen LogP) is 1.38. The topological polar surface area (TPSA) is 82.5 Å². The molecule has 0 radical (unpaired) electrons. The standard InChI is InChI=1S/C16H19N5O2S/c1-10-7-21-9-12(19-16(21)24-10)6-17-14(22)13-5-4-11(8-20(2)3)18-15(13)23/h4-5,7,9H,6,8H2,1-3H3,(H,17,22)(H,18,23). The van der Waals surface area contributed by atoms with Crippen LogP contribution in [0.15, 0.2) is 29.3 Å². The molecule has 0 aliphatic heterocycles. The number of carbonyl (C=O) groups is 1. The summed E-state index contributed by atoms with van der Waals surface area (Å²) < 4.78 is 1.93. The Hall–Kier alpha value is -2.45.